The standard InChI is InChI=1S/C22H26ClN3O2/c1-16-20(6-3-11-24-16)22(28)26-12-9-17(10-13-26)7-8-21(27)25-15-18-4-2-5-19(23)14-18/h2-6,11,14,17H,7-10,12-13,15H2,1H3,(H,25,27). The zero-order valence-electron chi connectivity index (χ0n) is 16.2. The number of hydrogen-bond donors (Lipinski definition) is 1. The predicted molar refractivity (Wildman–Crippen MR) is 110 cm³/mol. The largest absolute Gasteiger partial charge is 0.352 e. The predicted octanol–water partition coefficient (Wildman–Crippen LogP) is 3.99. The Balaban J connectivity index is 1.39. The van der Waals surface area contributed by atoms with Crippen LogP contribution < -0.4 is 5.32 Å². The molecular weight excluding hydrogens is 374 g/mol. The van der Waals surface area contributed by atoms with E-state index >= 15 is 0 Å². The first-order valence-corrected chi connectivity index (χ1v) is 10.1. The van der Waals surface area contributed by atoms with Crippen molar-refractivity contribution >= 4 is 23.4 Å². The lowest BCUT2D eigenvalue weighted by atomic mass is 9.91. The molecule has 1 aliphatic heterocycles. The smallest absolute Gasteiger partial charge is 0.255 e. The summed E-state index contributed by atoms with van der Waals surface area (Å²) >= 11 is 5.96. The molecule has 0 saturated carbocycles. The monoisotopic (exact) mass is 399 g/mol. The molecule has 1 aromatic heterocycles. The van der Waals surface area contributed by atoms with Gasteiger partial charge in [-0.05, 0) is 61.9 Å². The maximum atomic E-state index is 12.6. The van der Waals surface area contributed by atoms with Gasteiger partial charge in [0, 0.05) is 43.0 Å². The van der Waals surface area contributed by atoms with Gasteiger partial charge in [-0.1, -0.05) is 23.7 Å². The van der Waals surface area contributed by atoms with Gasteiger partial charge in [-0.25, -0.2) is 0 Å². The quantitative estimate of drug-likeness (QED) is 0.798. The van der Waals surface area contributed by atoms with Gasteiger partial charge in [0.1, 0.15) is 0 Å². The molecule has 6 heteroatoms. The first kappa shape index (κ1) is 20.3. The zero-order chi connectivity index (χ0) is 19.9. The highest BCUT2D eigenvalue weighted by Gasteiger charge is 2.24. The number of pyridine rings is 1. The summed E-state index contributed by atoms with van der Waals surface area (Å²) in [6.45, 7) is 3.84. The molecule has 1 saturated heterocycles. The van der Waals surface area contributed by atoms with Crippen molar-refractivity contribution in [1.29, 1.82) is 0 Å². The number of piperidine rings is 1. The van der Waals surface area contributed by atoms with Crippen molar-refractivity contribution < 1.29 is 9.59 Å². The van der Waals surface area contributed by atoms with Crippen LogP contribution in [0.15, 0.2) is 42.6 Å². The number of carbonyl (C=O) groups excluding carboxylic acids is 2. The van der Waals surface area contributed by atoms with Crippen LogP contribution in [0.2, 0.25) is 5.02 Å². The molecule has 0 atom stereocenters. The molecule has 0 aliphatic carbocycles. The summed E-state index contributed by atoms with van der Waals surface area (Å²) in [5, 5.41) is 3.63. The van der Waals surface area contributed by atoms with Crippen molar-refractivity contribution in [2.45, 2.75) is 39.2 Å². The number of carbonyl (C=O) groups is 2. The molecule has 5 nitrogen and oxygen atoms in total. The Hall–Kier alpha value is -2.40. The van der Waals surface area contributed by atoms with Crippen LogP contribution in [0, 0.1) is 12.8 Å². The van der Waals surface area contributed by atoms with Crippen molar-refractivity contribution in [3.05, 3.63) is 64.4 Å². The fourth-order valence-corrected chi connectivity index (χ4v) is 3.79. The normalized spacial score (nSPS) is 14.7. The van der Waals surface area contributed by atoms with E-state index in [1.807, 2.05) is 42.2 Å². The Labute approximate surface area is 171 Å². The number of nitrogens with one attached hydrogen (secondary N) is 1. The van der Waals surface area contributed by atoms with E-state index in [2.05, 4.69) is 10.3 Å². The summed E-state index contributed by atoms with van der Waals surface area (Å²) in [7, 11) is 0. The van der Waals surface area contributed by atoms with E-state index in [1.54, 1.807) is 12.3 Å². The molecule has 0 bridgehead atoms. The molecule has 148 valence electrons. The number of benzene rings is 1. The Kier molecular flexibility index (Phi) is 7.04. The first-order valence-electron chi connectivity index (χ1n) is 9.75. The summed E-state index contributed by atoms with van der Waals surface area (Å²) in [5.41, 5.74) is 2.45. The van der Waals surface area contributed by atoms with Crippen molar-refractivity contribution in [3.63, 3.8) is 0 Å². The van der Waals surface area contributed by atoms with E-state index in [0.29, 0.717) is 29.5 Å². The second-order valence-corrected chi connectivity index (χ2v) is 7.75. The fraction of sp³-hybridized carbons (Fsp3) is 0.409. The molecule has 2 aromatic rings. The molecule has 1 N–H and O–H groups in total. The summed E-state index contributed by atoms with van der Waals surface area (Å²) in [6, 6.07) is 11.1. The Morgan fingerprint density at radius 1 is 1.21 bits per heavy atom. The van der Waals surface area contributed by atoms with E-state index in [1.165, 1.54) is 0 Å². The lowest BCUT2D eigenvalue weighted by Gasteiger charge is -2.32. The van der Waals surface area contributed by atoms with Crippen molar-refractivity contribution in [2.75, 3.05) is 13.1 Å². The van der Waals surface area contributed by atoms with E-state index in [4.69, 9.17) is 11.6 Å². The maximum Gasteiger partial charge on any atom is 0.255 e. The highest BCUT2D eigenvalue weighted by Crippen LogP contribution is 2.23. The van der Waals surface area contributed by atoms with Gasteiger partial charge >= 0.3 is 0 Å². The topological polar surface area (TPSA) is 62.3 Å². The van der Waals surface area contributed by atoms with E-state index < -0.39 is 0 Å². The number of hydrogen-bond acceptors (Lipinski definition) is 3. The van der Waals surface area contributed by atoms with E-state index in [0.717, 1.165) is 43.6 Å². The van der Waals surface area contributed by atoms with Crippen molar-refractivity contribution in [3.8, 4) is 0 Å². The number of aromatic nitrogens is 1. The second-order valence-electron chi connectivity index (χ2n) is 7.32. The van der Waals surface area contributed by atoms with Crippen LogP contribution in [0.5, 0.6) is 0 Å². The van der Waals surface area contributed by atoms with E-state index in [9.17, 15) is 9.59 Å². The average molecular weight is 400 g/mol. The second kappa shape index (κ2) is 9.69. The summed E-state index contributed by atoms with van der Waals surface area (Å²) in [6.07, 6.45) is 4.95. The van der Waals surface area contributed by atoms with Crippen LogP contribution >= 0.6 is 11.6 Å². The molecule has 0 radical (unpaired) electrons. The van der Waals surface area contributed by atoms with Crippen LogP contribution in [0.25, 0.3) is 0 Å². The SMILES string of the molecule is Cc1ncccc1C(=O)N1CCC(CCC(=O)NCc2cccc(Cl)c2)CC1. The fourth-order valence-electron chi connectivity index (χ4n) is 3.58. The van der Waals surface area contributed by atoms with Gasteiger partial charge in [0.15, 0.2) is 0 Å². The molecule has 0 spiro atoms. The minimum absolute atomic E-state index is 0.0586. The van der Waals surface area contributed by atoms with Gasteiger partial charge in [-0.2, -0.15) is 0 Å². The van der Waals surface area contributed by atoms with Gasteiger partial charge in [-0.15, -0.1) is 0 Å². The number of halogens is 1. The molecule has 1 aliphatic rings. The summed E-state index contributed by atoms with van der Waals surface area (Å²) < 4.78 is 0. The minimum Gasteiger partial charge on any atom is -0.352 e. The Morgan fingerprint density at radius 2 is 2.00 bits per heavy atom. The zero-order valence-corrected chi connectivity index (χ0v) is 16.9. The number of likely N-dealkylation sites (tertiary alicyclic amines) is 1. The first-order chi connectivity index (χ1) is 13.5. The van der Waals surface area contributed by atoms with Crippen LogP contribution in [0.3, 0.4) is 0 Å². The Bertz CT molecular complexity index is 832. The van der Waals surface area contributed by atoms with Gasteiger partial charge < -0.3 is 10.2 Å². The molecule has 2 heterocycles. The number of aryl methyl sites for hydroxylation is 1. The van der Waals surface area contributed by atoms with Crippen LogP contribution in [-0.2, 0) is 11.3 Å². The van der Waals surface area contributed by atoms with Gasteiger partial charge in [0.25, 0.3) is 5.91 Å². The van der Waals surface area contributed by atoms with Crippen LogP contribution in [0.4, 0.5) is 0 Å². The van der Waals surface area contributed by atoms with E-state index in [-0.39, 0.29) is 11.8 Å². The van der Waals surface area contributed by atoms with Gasteiger partial charge in [0.2, 0.25) is 5.91 Å². The molecule has 1 fully saturated rings. The van der Waals surface area contributed by atoms with Gasteiger partial charge in [-0.3, -0.25) is 14.6 Å². The van der Waals surface area contributed by atoms with Crippen LogP contribution in [0.1, 0.15) is 47.3 Å². The third-order valence-corrected chi connectivity index (χ3v) is 5.53. The maximum absolute atomic E-state index is 12.6. The number of rotatable bonds is 6. The molecule has 0 unspecified atom stereocenters. The number of amides is 2. The highest BCUT2D eigenvalue weighted by molar-refractivity contribution is 6.30. The van der Waals surface area contributed by atoms with Crippen molar-refractivity contribution in [1.82, 2.24) is 15.2 Å². The molecule has 2 amide bonds. The van der Waals surface area contributed by atoms with Crippen molar-refractivity contribution in [2.24, 2.45) is 5.92 Å². The molecule has 28 heavy (non-hydrogen) atoms. The highest BCUT2D eigenvalue weighted by atomic mass is 35.5. The lowest BCUT2D eigenvalue weighted by Crippen LogP contribution is -2.39. The molecular formula is C22H26ClN3O2. The lowest BCUT2D eigenvalue weighted by molar-refractivity contribution is -0.121. The summed E-state index contributed by atoms with van der Waals surface area (Å²) in [4.78, 5) is 30.9. The average Bonchev–Trinajstić information content (AvgIpc) is 2.71. The van der Waals surface area contributed by atoms with Crippen LogP contribution in [-0.4, -0.2) is 34.8 Å². The third kappa shape index (κ3) is 5.55. The Morgan fingerprint density at radius 3 is 2.71 bits per heavy atom. The summed E-state index contributed by atoms with van der Waals surface area (Å²) in [5.74, 6) is 0.601. The molecule has 3 rings (SSSR count). The number of nitrogens with zero attached hydrogens (tertiary/aromatic N) is 2. The third-order valence-electron chi connectivity index (χ3n) is 5.30. The molecule has 1 aromatic carbocycles. The van der Waals surface area contributed by atoms with Gasteiger partial charge in [0.05, 0.1) is 5.56 Å². The minimum atomic E-state index is 0.0586.